The zero-order valence-corrected chi connectivity index (χ0v) is 18.1. The number of ketones is 1. The molecule has 0 bridgehead atoms. The summed E-state index contributed by atoms with van der Waals surface area (Å²) >= 11 is 0. The van der Waals surface area contributed by atoms with Crippen molar-refractivity contribution in [3.05, 3.63) is 29.8 Å². The van der Waals surface area contributed by atoms with E-state index in [1.165, 1.54) is 11.9 Å². The fourth-order valence-electron chi connectivity index (χ4n) is 4.64. The van der Waals surface area contributed by atoms with Crippen molar-refractivity contribution >= 4 is 21.3 Å². The average Bonchev–Trinajstić information content (AvgIpc) is 2.60. The largest absolute Gasteiger partial charge is 0.372 e. The first-order chi connectivity index (χ1) is 13.2. The summed E-state index contributed by atoms with van der Waals surface area (Å²) in [4.78, 5) is 15.0. The second kappa shape index (κ2) is 8.95. The lowest BCUT2D eigenvalue weighted by atomic mass is 9.79. The Morgan fingerprint density at radius 1 is 1.04 bits per heavy atom. The molecule has 3 rings (SSSR count). The van der Waals surface area contributed by atoms with Crippen LogP contribution < -0.4 is 4.90 Å². The minimum absolute atomic E-state index is 0.0800. The van der Waals surface area contributed by atoms with Crippen LogP contribution in [-0.2, 0) is 25.8 Å². The zero-order chi connectivity index (χ0) is 20.3. The van der Waals surface area contributed by atoms with Gasteiger partial charge < -0.3 is 9.64 Å². The highest BCUT2D eigenvalue weighted by Gasteiger charge is 2.28. The average molecular weight is 408 g/mol. The molecule has 1 aliphatic carbocycles. The standard InChI is InChI=1S/C22H33NO4S/c1-16-13-23(14-17(2)27-16)21-10-6-18(7-11-21)12-22(24)20-8-4-19(5-9-20)15-28(3,25)26/h6-7,10-11,16-17,19-20H,4-5,8-9,12-15H2,1-3H3/t16-,17+,19?,20?. The number of rotatable bonds is 6. The molecule has 5 nitrogen and oxygen atoms in total. The second-order valence-corrected chi connectivity index (χ2v) is 11.0. The topological polar surface area (TPSA) is 63.7 Å². The fraction of sp³-hybridized carbons (Fsp3) is 0.682. The van der Waals surface area contributed by atoms with Gasteiger partial charge in [-0.05, 0) is 63.1 Å². The molecule has 0 radical (unpaired) electrons. The molecular formula is C22H33NO4S. The lowest BCUT2D eigenvalue weighted by molar-refractivity contribution is -0.123. The molecule has 2 fully saturated rings. The molecule has 0 unspecified atom stereocenters. The Kier molecular flexibility index (Phi) is 6.81. The number of carbonyl (C=O) groups excluding carboxylic acids is 1. The van der Waals surface area contributed by atoms with Crippen LogP contribution in [0.25, 0.3) is 0 Å². The first kappa shape index (κ1) is 21.3. The number of hydrogen-bond donors (Lipinski definition) is 0. The van der Waals surface area contributed by atoms with Gasteiger partial charge in [-0.25, -0.2) is 8.42 Å². The van der Waals surface area contributed by atoms with Crippen molar-refractivity contribution in [1.82, 2.24) is 0 Å². The summed E-state index contributed by atoms with van der Waals surface area (Å²) in [5.41, 5.74) is 2.24. The molecule has 1 aromatic carbocycles. The molecule has 0 N–H and O–H groups in total. The predicted octanol–water partition coefficient (Wildman–Crippen LogP) is 3.26. The highest BCUT2D eigenvalue weighted by atomic mass is 32.2. The van der Waals surface area contributed by atoms with Crippen molar-refractivity contribution < 1.29 is 17.9 Å². The molecule has 0 spiro atoms. The van der Waals surface area contributed by atoms with E-state index in [-0.39, 0.29) is 29.8 Å². The van der Waals surface area contributed by atoms with Crippen molar-refractivity contribution in [2.75, 3.05) is 30.0 Å². The number of Topliss-reactive ketones (excluding diaryl/α,β-unsaturated/α-hetero) is 1. The molecule has 1 aromatic rings. The smallest absolute Gasteiger partial charge is 0.147 e. The van der Waals surface area contributed by atoms with Gasteiger partial charge in [-0.2, -0.15) is 0 Å². The van der Waals surface area contributed by atoms with Crippen molar-refractivity contribution in [1.29, 1.82) is 0 Å². The summed E-state index contributed by atoms with van der Waals surface area (Å²) in [5.74, 6) is 0.848. The first-order valence-electron chi connectivity index (χ1n) is 10.4. The number of nitrogens with zero attached hydrogens (tertiary/aromatic N) is 1. The first-order valence-corrected chi connectivity index (χ1v) is 12.5. The highest BCUT2D eigenvalue weighted by molar-refractivity contribution is 7.90. The zero-order valence-electron chi connectivity index (χ0n) is 17.3. The third kappa shape index (κ3) is 6.05. The van der Waals surface area contributed by atoms with Crippen LogP contribution >= 0.6 is 0 Å². The molecular weight excluding hydrogens is 374 g/mol. The molecule has 6 heteroatoms. The van der Waals surface area contributed by atoms with Crippen LogP contribution in [0.4, 0.5) is 5.69 Å². The SMILES string of the molecule is C[C@@H]1CN(c2ccc(CC(=O)C3CCC(CS(C)(=O)=O)CC3)cc2)C[C@H](C)O1. The van der Waals surface area contributed by atoms with Crippen LogP contribution in [0.2, 0.25) is 0 Å². The number of morpholine rings is 1. The summed E-state index contributed by atoms with van der Waals surface area (Å²) in [6.07, 6.45) is 5.54. The van der Waals surface area contributed by atoms with E-state index in [1.807, 2.05) is 0 Å². The maximum atomic E-state index is 12.7. The van der Waals surface area contributed by atoms with Gasteiger partial charge in [0.05, 0.1) is 18.0 Å². The van der Waals surface area contributed by atoms with E-state index in [0.29, 0.717) is 12.2 Å². The summed E-state index contributed by atoms with van der Waals surface area (Å²) in [6, 6.07) is 8.34. The van der Waals surface area contributed by atoms with E-state index >= 15 is 0 Å². The van der Waals surface area contributed by atoms with Crippen molar-refractivity contribution in [2.45, 2.75) is 58.2 Å². The molecule has 2 atom stereocenters. The van der Waals surface area contributed by atoms with Gasteiger partial charge in [-0.1, -0.05) is 12.1 Å². The summed E-state index contributed by atoms with van der Waals surface area (Å²) in [6.45, 7) is 5.97. The monoisotopic (exact) mass is 407 g/mol. The minimum Gasteiger partial charge on any atom is -0.372 e. The predicted molar refractivity (Wildman–Crippen MR) is 113 cm³/mol. The quantitative estimate of drug-likeness (QED) is 0.724. The van der Waals surface area contributed by atoms with Crippen LogP contribution in [0.3, 0.4) is 0 Å². The highest BCUT2D eigenvalue weighted by Crippen LogP contribution is 2.31. The molecule has 1 aliphatic heterocycles. The van der Waals surface area contributed by atoms with Crippen molar-refractivity contribution in [3.63, 3.8) is 0 Å². The maximum Gasteiger partial charge on any atom is 0.147 e. The Morgan fingerprint density at radius 2 is 1.61 bits per heavy atom. The lowest BCUT2D eigenvalue weighted by Gasteiger charge is -2.36. The number of anilines is 1. The summed E-state index contributed by atoms with van der Waals surface area (Å²) in [7, 11) is -2.93. The Balaban J connectivity index is 1.51. The van der Waals surface area contributed by atoms with Gasteiger partial charge >= 0.3 is 0 Å². The van der Waals surface area contributed by atoms with Crippen molar-refractivity contribution in [2.24, 2.45) is 11.8 Å². The minimum atomic E-state index is -2.93. The Morgan fingerprint density at radius 3 is 2.14 bits per heavy atom. The Bertz CT molecular complexity index is 756. The molecule has 1 saturated carbocycles. The Labute approximate surface area is 169 Å². The van der Waals surface area contributed by atoms with Gasteiger partial charge in [0.25, 0.3) is 0 Å². The second-order valence-electron chi connectivity index (χ2n) is 8.78. The number of carbonyl (C=O) groups is 1. The molecule has 0 aromatic heterocycles. The molecule has 2 aliphatic rings. The molecule has 1 heterocycles. The number of hydrogen-bond acceptors (Lipinski definition) is 5. The van der Waals surface area contributed by atoms with E-state index in [2.05, 4.69) is 43.0 Å². The molecule has 156 valence electrons. The van der Waals surface area contributed by atoms with Gasteiger partial charge in [0.2, 0.25) is 0 Å². The molecule has 0 amide bonds. The third-order valence-corrected chi connectivity index (χ3v) is 7.02. The van der Waals surface area contributed by atoms with Crippen LogP contribution in [0.1, 0.15) is 45.1 Å². The number of benzene rings is 1. The number of sulfone groups is 1. The Hall–Kier alpha value is -1.40. The van der Waals surface area contributed by atoms with E-state index in [4.69, 9.17) is 4.74 Å². The van der Waals surface area contributed by atoms with Crippen LogP contribution in [0.5, 0.6) is 0 Å². The van der Waals surface area contributed by atoms with Crippen molar-refractivity contribution in [3.8, 4) is 0 Å². The van der Waals surface area contributed by atoms with Gasteiger partial charge in [-0.3, -0.25) is 4.79 Å². The molecule has 1 saturated heterocycles. The number of ether oxygens (including phenoxy) is 1. The molecule has 28 heavy (non-hydrogen) atoms. The van der Waals surface area contributed by atoms with E-state index in [1.54, 1.807) is 0 Å². The van der Waals surface area contributed by atoms with Crippen LogP contribution in [0.15, 0.2) is 24.3 Å². The van der Waals surface area contributed by atoms with Gasteiger partial charge in [0, 0.05) is 37.4 Å². The van der Waals surface area contributed by atoms with Gasteiger partial charge in [0.15, 0.2) is 0 Å². The van der Waals surface area contributed by atoms with Gasteiger partial charge in [-0.15, -0.1) is 0 Å². The van der Waals surface area contributed by atoms with Crippen LogP contribution in [-0.4, -0.2) is 51.5 Å². The lowest BCUT2D eigenvalue weighted by Crippen LogP contribution is -2.45. The summed E-state index contributed by atoms with van der Waals surface area (Å²) in [5, 5.41) is 0. The van der Waals surface area contributed by atoms with Gasteiger partial charge in [0.1, 0.15) is 15.6 Å². The fourth-order valence-corrected chi connectivity index (χ4v) is 5.83. The van der Waals surface area contributed by atoms with E-state index in [9.17, 15) is 13.2 Å². The summed E-state index contributed by atoms with van der Waals surface area (Å²) < 4.78 is 28.7. The maximum absolute atomic E-state index is 12.7. The van der Waals surface area contributed by atoms with E-state index in [0.717, 1.165) is 44.3 Å². The normalized spacial score (nSPS) is 28.9. The van der Waals surface area contributed by atoms with E-state index < -0.39 is 9.84 Å². The van der Waals surface area contributed by atoms with Crippen LogP contribution in [0, 0.1) is 11.8 Å². The third-order valence-electron chi connectivity index (χ3n) is 5.94.